The Morgan fingerprint density at radius 2 is 1.88 bits per heavy atom. The van der Waals surface area contributed by atoms with E-state index in [2.05, 4.69) is 5.32 Å². The summed E-state index contributed by atoms with van der Waals surface area (Å²) in [4.78, 5) is 12.7. The number of nitrogens with one attached hydrogen (secondary N) is 1. The summed E-state index contributed by atoms with van der Waals surface area (Å²) in [6.07, 6.45) is 1.18. The van der Waals surface area contributed by atoms with Crippen LogP contribution in [0.1, 0.15) is 39.2 Å². The first-order valence-electron chi connectivity index (χ1n) is 8.50. The predicted molar refractivity (Wildman–Crippen MR) is 106 cm³/mol. The van der Waals surface area contributed by atoms with E-state index < -0.39 is 20.0 Å². The van der Waals surface area contributed by atoms with E-state index in [0.29, 0.717) is 37.3 Å². The summed E-state index contributed by atoms with van der Waals surface area (Å²) in [6, 6.07) is 6.98. The number of carbonyl (C=O) groups is 1. The predicted octanol–water partition coefficient (Wildman–Crippen LogP) is 2.52. The van der Waals surface area contributed by atoms with Crippen molar-refractivity contribution in [2.75, 3.05) is 25.1 Å². The van der Waals surface area contributed by atoms with Crippen molar-refractivity contribution < 1.29 is 17.9 Å². The summed E-state index contributed by atoms with van der Waals surface area (Å²) in [7, 11) is -3.28. The standard InChI is InChI=1S/C18H28N2O4S.ClH/c1-17(2,3)25(22,23)12-14-5-4-6-15(11-14)20-16(21)18(13-19)7-9-24-10-8-18;/h4-6,11H,7-10,12-13,19H2,1-3H3,(H,20,21);1H. The molecule has 1 aliphatic heterocycles. The molecule has 0 radical (unpaired) electrons. The summed E-state index contributed by atoms with van der Waals surface area (Å²) < 4.78 is 29.3. The van der Waals surface area contributed by atoms with E-state index in [1.165, 1.54) is 0 Å². The highest BCUT2D eigenvalue weighted by Crippen LogP contribution is 2.31. The van der Waals surface area contributed by atoms with Gasteiger partial charge in [0.25, 0.3) is 0 Å². The van der Waals surface area contributed by atoms with Crippen molar-refractivity contribution in [1.29, 1.82) is 0 Å². The molecule has 0 saturated carbocycles. The number of nitrogens with two attached hydrogens (primary N) is 1. The third-order valence-electron chi connectivity index (χ3n) is 4.80. The number of halogens is 1. The zero-order valence-electron chi connectivity index (χ0n) is 15.6. The molecule has 26 heavy (non-hydrogen) atoms. The van der Waals surface area contributed by atoms with Gasteiger partial charge < -0.3 is 15.8 Å². The van der Waals surface area contributed by atoms with E-state index in [-0.39, 0.29) is 30.6 Å². The van der Waals surface area contributed by atoms with Crippen LogP contribution in [-0.4, -0.2) is 38.8 Å². The highest BCUT2D eigenvalue weighted by molar-refractivity contribution is 7.91. The van der Waals surface area contributed by atoms with Gasteiger partial charge in [-0.15, -0.1) is 12.4 Å². The number of carbonyl (C=O) groups excluding carboxylic acids is 1. The highest BCUT2D eigenvalue weighted by atomic mass is 35.5. The Balaban J connectivity index is 0.00000338. The van der Waals surface area contributed by atoms with E-state index in [0.717, 1.165) is 0 Å². The molecular weight excluding hydrogens is 376 g/mol. The van der Waals surface area contributed by atoms with Gasteiger partial charge in [-0.25, -0.2) is 8.42 Å². The molecule has 0 spiro atoms. The van der Waals surface area contributed by atoms with Gasteiger partial charge >= 0.3 is 0 Å². The SMILES string of the molecule is CC(C)(C)S(=O)(=O)Cc1cccc(NC(=O)C2(CN)CCOCC2)c1.Cl. The number of anilines is 1. The lowest BCUT2D eigenvalue weighted by molar-refractivity contribution is -0.130. The maximum atomic E-state index is 12.7. The Hall–Kier alpha value is -1.15. The van der Waals surface area contributed by atoms with Crippen LogP contribution in [0.5, 0.6) is 0 Å². The van der Waals surface area contributed by atoms with Gasteiger partial charge in [0, 0.05) is 25.4 Å². The number of rotatable bonds is 5. The smallest absolute Gasteiger partial charge is 0.232 e. The lowest BCUT2D eigenvalue weighted by atomic mass is 9.79. The molecule has 0 bridgehead atoms. The van der Waals surface area contributed by atoms with Crippen molar-refractivity contribution in [3.8, 4) is 0 Å². The van der Waals surface area contributed by atoms with Crippen LogP contribution in [0.15, 0.2) is 24.3 Å². The van der Waals surface area contributed by atoms with Gasteiger partial charge in [0.1, 0.15) is 0 Å². The van der Waals surface area contributed by atoms with E-state index in [1.807, 2.05) is 0 Å². The van der Waals surface area contributed by atoms with Crippen LogP contribution in [0.2, 0.25) is 0 Å². The van der Waals surface area contributed by atoms with Crippen LogP contribution < -0.4 is 11.1 Å². The molecule has 8 heteroatoms. The third kappa shape index (κ3) is 5.19. The van der Waals surface area contributed by atoms with Crippen molar-refractivity contribution in [1.82, 2.24) is 0 Å². The Morgan fingerprint density at radius 3 is 2.42 bits per heavy atom. The minimum Gasteiger partial charge on any atom is -0.381 e. The number of hydrogen-bond donors (Lipinski definition) is 2. The van der Waals surface area contributed by atoms with Crippen LogP contribution in [0.4, 0.5) is 5.69 Å². The summed E-state index contributed by atoms with van der Waals surface area (Å²) in [5.41, 5.74) is 6.48. The van der Waals surface area contributed by atoms with Gasteiger partial charge in [0.2, 0.25) is 5.91 Å². The van der Waals surface area contributed by atoms with Crippen LogP contribution in [-0.2, 0) is 25.1 Å². The fraction of sp³-hybridized carbons (Fsp3) is 0.611. The van der Waals surface area contributed by atoms with Crippen molar-refractivity contribution in [3.63, 3.8) is 0 Å². The molecule has 1 heterocycles. The zero-order valence-corrected chi connectivity index (χ0v) is 17.2. The van der Waals surface area contributed by atoms with E-state index >= 15 is 0 Å². The molecule has 0 unspecified atom stereocenters. The molecule has 1 amide bonds. The third-order valence-corrected chi connectivity index (χ3v) is 7.38. The van der Waals surface area contributed by atoms with Crippen molar-refractivity contribution >= 4 is 33.8 Å². The maximum Gasteiger partial charge on any atom is 0.232 e. The Kier molecular flexibility index (Phi) is 7.65. The van der Waals surface area contributed by atoms with Crippen LogP contribution >= 0.6 is 12.4 Å². The number of sulfone groups is 1. The maximum absolute atomic E-state index is 12.7. The van der Waals surface area contributed by atoms with Crippen LogP contribution in [0.3, 0.4) is 0 Å². The fourth-order valence-electron chi connectivity index (χ4n) is 2.72. The van der Waals surface area contributed by atoms with Gasteiger partial charge in [-0.05, 0) is 51.3 Å². The molecule has 6 nitrogen and oxygen atoms in total. The fourth-order valence-corrected chi connectivity index (χ4v) is 3.78. The normalized spacial score (nSPS) is 17.2. The van der Waals surface area contributed by atoms with Crippen LogP contribution in [0, 0.1) is 5.41 Å². The second kappa shape index (κ2) is 8.69. The van der Waals surface area contributed by atoms with Crippen molar-refractivity contribution in [3.05, 3.63) is 29.8 Å². The first-order chi connectivity index (χ1) is 11.6. The molecule has 1 fully saturated rings. The lowest BCUT2D eigenvalue weighted by Gasteiger charge is -2.34. The zero-order chi connectivity index (χ0) is 18.7. The monoisotopic (exact) mass is 404 g/mol. The summed E-state index contributed by atoms with van der Waals surface area (Å²) in [5, 5.41) is 2.90. The van der Waals surface area contributed by atoms with Crippen LogP contribution in [0.25, 0.3) is 0 Å². The van der Waals surface area contributed by atoms with E-state index in [4.69, 9.17) is 10.5 Å². The first kappa shape index (κ1) is 22.9. The second-order valence-corrected chi connectivity index (χ2v) is 10.4. The van der Waals surface area contributed by atoms with E-state index in [1.54, 1.807) is 45.0 Å². The molecular formula is C18H29ClN2O4S. The van der Waals surface area contributed by atoms with Gasteiger partial charge in [0.05, 0.1) is 15.9 Å². The average Bonchev–Trinajstić information content (AvgIpc) is 2.54. The number of benzene rings is 1. The quantitative estimate of drug-likeness (QED) is 0.785. The lowest BCUT2D eigenvalue weighted by Crippen LogP contribution is -2.46. The molecule has 0 aliphatic carbocycles. The highest BCUT2D eigenvalue weighted by Gasteiger charge is 2.38. The molecule has 1 aromatic rings. The molecule has 1 aliphatic rings. The average molecular weight is 405 g/mol. The van der Waals surface area contributed by atoms with Crippen molar-refractivity contribution in [2.24, 2.45) is 11.1 Å². The largest absolute Gasteiger partial charge is 0.381 e. The molecule has 3 N–H and O–H groups in total. The first-order valence-corrected chi connectivity index (χ1v) is 10.2. The molecule has 0 atom stereocenters. The number of hydrogen-bond acceptors (Lipinski definition) is 5. The molecule has 2 rings (SSSR count). The van der Waals surface area contributed by atoms with Gasteiger partial charge in [-0.1, -0.05) is 12.1 Å². The number of amides is 1. The van der Waals surface area contributed by atoms with Gasteiger partial charge in [-0.2, -0.15) is 0 Å². The summed E-state index contributed by atoms with van der Waals surface area (Å²) >= 11 is 0. The topological polar surface area (TPSA) is 98.5 Å². The minimum absolute atomic E-state index is 0. The molecule has 1 aromatic carbocycles. The molecule has 0 aromatic heterocycles. The minimum atomic E-state index is -3.28. The second-order valence-electron chi connectivity index (χ2n) is 7.62. The Morgan fingerprint density at radius 1 is 1.27 bits per heavy atom. The number of ether oxygens (including phenoxy) is 1. The Labute approximate surface area is 162 Å². The van der Waals surface area contributed by atoms with Gasteiger partial charge in [-0.3, -0.25) is 4.79 Å². The van der Waals surface area contributed by atoms with E-state index in [9.17, 15) is 13.2 Å². The molecule has 1 saturated heterocycles. The van der Waals surface area contributed by atoms with Crippen molar-refractivity contribution in [2.45, 2.75) is 44.1 Å². The summed E-state index contributed by atoms with van der Waals surface area (Å²) in [5.74, 6) is -0.190. The summed E-state index contributed by atoms with van der Waals surface area (Å²) in [6.45, 7) is 6.36. The van der Waals surface area contributed by atoms with Gasteiger partial charge in [0.15, 0.2) is 9.84 Å². The molecule has 148 valence electrons. The Bertz CT molecular complexity index is 723.